The van der Waals surface area contributed by atoms with E-state index < -0.39 is 36.0 Å². The molecule has 0 aliphatic carbocycles. The van der Waals surface area contributed by atoms with Gasteiger partial charge in [-0.15, -0.1) is 0 Å². The Kier molecular flexibility index (Phi) is 10.3. The van der Waals surface area contributed by atoms with Gasteiger partial charge in [-0.05, 0) is 84.9 Å². The maximum atomic E-state index is 13.6. The van der Waals surface area contributed by atoms with Crippen molar-refractivity contribution in [3.8, 4) is 5.88 Å². The number of carbonyl (C=O) groups is 1. The number of ether oxygens (including phenoxy) is 2. The van der Waals surface area contributed by atoms with Crippen molar-refractivity contribution in [3.05, 3.63) is 11.9 Å². The summed E-state index contributed by atoms with van der Waals surface area (Å²) >= 11 is 0. The van der Waals surface area contributed by atoms with E-state index in [2.05, 4.69) is 43.8 Å². The monoisotopic (exact) mass is 557 g/mol. The minimum Gasteiger partial charge on any atom is -0.473 e. The lowest BCUT2D eigenvalue weighted by Crippen LogP contribution is -2.43. The standard InChI is InChI=1S/C26H47N3O6SSi/c1-19-18-27-23(36(31,32)29-16-13-15-21(29)24(30)35-25(3,4)5)22(28-19)34-20(2)14-11-12-17-33-37(9,10)26(6,7)8/h18,20-21H,11-17H2,1-10H3/t20-,21+/m1/s1. The highest BCUT2D eigenvalue weighted by Gasteiger charge is 2.43. The van der Waals surface area contributed by atoms with Gasteiger partial charge in [0.15, 0.2) is 8.32 Å². The van der Waals surface area contributed by atoms with Crippen LogP contribution in [0.4, 0.5) is 0 Å². The topological polar surface area (TPSA) is 108 Å². The van der Waals surface area contributed by atoms with Crippen LogP contribution in [0.5, 0.6) is 5.88 Å². The first-order valence-electron chi connectivity index (χ1n) is 13.2. The van der Waals surface area contributed by atoms with Crippen LogP contribution in [-0.2, 0) is 24.0 Å². The molecule has 0 amide bonds. The lowest BCUT2D eigenvalue weighted by molar-refractivity contribution is -0.158. The molecular weight excluding hydrogens is 510 g/mol. The van der Waals surface area contributed by atoms with Crippen molar-refractivity contribution < 1.29 is 27.1 Å². The first-order chi connectivity index (χ1) is 16.8. The van der Waals surface area contributed by atoms with Crippen LogP contribution >= 0.6 is 0 Å². The molecular formula is C26H47N3O6SSi. The molecule has 1 saturated heterocycles. The van der Waals surface area contributed by atoms with E-state index in [-0.39, 0.29) is 28.6 Å². The van der Waals surface area contributed by atoms with Gasteiger partial charge >= 0.3 is 5.97 Å². The van der Waals surface area contributed by atoms with E-state index in [1.165, 1.54) is 10.5 Å². The van der Waals surface area contributed by atoms with Crippen molar-refractivity contribution in [1.82, 2.24) is 14.3 Å². The molecule has 0 unspecified atom stereocenters. The lowest BCUT2D eigenvalue weighted by Gasteiger charge is -2.36. The van der Waals surface area contributed by atoms with E-state index in [1.807, 2.05) is 6.92 Å². The maximum absolute atomic E-state index is 13.6. The molecule has 0 bridgehead atoms. The summed E-state index contributed by atoms with van der Waals surface area (Å²) in [5.41, 5.74) is -0.160. The Bertz CT molecular complexity index is 1030. The predicted molar refractivity (Wildman–Crippen MR) is 147 cm³/mol. The van der Waals surface area contributed by atoms with E-state index in [9.17, 15) is 13.2 Å². The summed E-state index contributed by atoms with van der Waals surface area (Å²) in [6.45, 7) is 21.0. The summed E-state index contributed by atoms with van der Waals surface area (Å²) in [5.74, 6) is -0.579. The number of esters is 1. The van der Waals surface area contributed by atoms with Gasteiger partial charge in [0.25, 0.3) is 15.9 Å². The molecule has 0 N–H and O–H groups in total. The second-order valence-corrected chi connectivity index (χ2v) is 19.1. The van der Waals surface area contributed by atoms with Crippen LogP contribution in [0.2, 0.25) is 18.1 Å². The summed E-state index contributed by atoms with van der Waals surface area (Å²) in [5, 5.41) is -0.0888. The van der Waals surface area contributed by atoms with Crippen LogP contribution in [0.25, 0.3) is 0 Å². The third-order valence-corrected chi connectivity index (χ3v) is 13.2. The van der Waals surface area contributed by atoms with E-state index in [0.717, 1.165) is 19.3 Å². The highest BCUT2D eigenvalue weighted by atomic mass is 32.2. The van der Waals surface area contributed by atoms with Crippen molar-refractivity contribution in [3.63, 3.8) is 0 Å². The van der Waals surface area contributed by atoms with Gasteiger partial charge in [0, 0.05) is 19.3 Å². The molecule has 1 aromatic rings. The zero-order chi connectivity index (χ0) is 28.2. The van der Waals surface area contributed by atoms with Gasteiger partial charge < -0.3 is 13.9 Å². The number of hydrogen-bond donors (Lipinski definition) is 0. The average Bonchev–Trinajstić information content (AvgIpc) is 3.22. The Morgan fingerprint density at radius 2 is 1.84 bits per heavy atom. The van der Waals surface area contributed by atoms with E-state index in [0.29, 0.717) is 25.1 Å². The molecule has 1 fully saturated rings. The normalized spacial score (nSPS) is 18.6. The number of carbonyl (C=O) groups excluding carboxylic acids is 1. The van der Waals surface area contributed by atoms with Gasteiger partial charge in [0.2, 0.25) is 5.03 Å². The Labute approximate surface area is 224 Å². The molecule has 0 radical (unpaired) electrons. The molecule has 0 saturated carbocycles. The molecule has 11 heteroatoms. The van der Waals surface area contributed by atoms with E-state index in [1.54, 1.807) is 27.7 Å². The zero-order valence-electron chi connectivity index (χ0n) is 24.4. The summed E-state index contributed by atoms with van der Waals surface area (Å²) in [7, 11) is -5.89. The molecule has 2 heterocycles. The Balaban J connectivity index is 2.08. The van der Waals surface area contributed by atoms with Gasteiger partial charge in [-0.3, -0.25) is 4.79 Å². The van der Waals surface area contributed by atoms with Gasteiger partial charge in [0.1, 0.15) is 11.6 Å². The first-order valence-corrected chi connectivity index (χ1v) is 17.6. The smallest absolute Gasteiger partial charge is 0.324 e. The van der Waals surface area contributed by atoms with Crippen LogP contribution in [0, 0.1) is 6.92 Å². The Morgan fingerprint density at radius 1 is 1.19 bits per heavy atom. The van der Waals surface area contributed by atoms with Crippen LogP contribution in [0.1, 0.15) is 86.3 Å². The molecule has 0 aromatic carbocycles. The summed E-state index contributed by atoms with van der Waals surface area (Å²) in [6.07, 6.45) is 4.60. The summed E-state index contributed by atoms with van der Waals surface area (Å²) < 4.78 is 46.2. The predicted octanol–water partition coefficient (Wildman–Crippen LogP) is 5.24. The van der Waals surface area contributed by atoms with Crippen LogP contribution in [-0.4, -0.2) is 67.9 Å². The van der Waals surface area contributed by atoms with Gasteiger partial charge in [-0.2, -0.15) is 4.31 Å². The molecule has 212 valence electrons. The van der Waals surface area contributed by atoms with Crippen molar-refractivity contribution in [2.24, 2.45) is 0 Å². The minimum absolute atomic E-state index is 0.0279. The van der Waals surface area contributed by atoms with Gasteiger partial charge in [-0.25, -0.2) is 18.4 Å². The summed E-state index contributed by atoms with van der Waals surface area (Å²) in [6, 6.07) is -0.890. The molecule has 1 aliphatic heterocycles. The molecule has 2 rings (SSSR count). The highest BCUT2D eigenvalue weighted by molar-refractivity contribution is 7.89. The number of rotatable bonds is 11. The molecule has 2 atom stereocenters. The third kappa shape index (κ3) is 8.73. The van der Waals surface area contributed by atoms with Crippen LogP contribution in [0.15, 0.2) is 11.2 Å². The second-order valence-electron chi connectivity index (χ2n) is 12.5. The number of nitrogens with zero attached hydrogens (tertiary/aromatic N) is 3. The van der Waals surface area contributed by atoms with E-state index >= 15 is 0 Å². The summed E-state index contributed by atoms with van der Waals surface area (Å²) in [4.78, 5) is 21.3. The number of hydrogen-bond acceptors (Lipinski definition) is 8. The number of aromatic nitrogens is 2. The van der Waals surface area contributed by atoms with Gasteiger partial charge in [0.05, 0.1) is 11.8 Å². The molecule has 0 spiro atoms. The Morgan fingerprint density at radius 3 is 2.43 bits per heavy atom. The highest BCUT2D eigenvalue weighted by Crippen LogP contribution is 2.36. The van der Waals surface area contributed by atoms with Crippen molar-refractivity contribution in [2.75, 3.05) is 13.2 Å². The molecule has 37 heavy (non-hydrogen) atoms. The Hall–Kier alpha value is -1.56. The quantitative estimate of drug-likeness (QED) is 0.206. The van der Waals surface area contributed by atoms with Gasteiger partial charge in [-0.1, -0.05) is 20.8 Å². The van der Waals surface area contributed by atoms with E-state index in [4.69, 9.17) is 13.9 Å². The zero-order valence-corrected chi connectivity index (χ0v) is 26.2. The number of sulfonamides is 1. The number of aryl methyl sites for hydroxylation is 1. The SMILES string of the molecule is Cc1cnc(S(=O)(=O)N2CCC[C@H]2C(=O)OC(C)(C)C)c(O[C@H](C)CCCCO[Si](C)(C)C(C)(C)C)n1. The fraction of sp³-hybridized carbons (Fsp3) is 0.808. The first kappa shape index (κ1) is 31.7. The largest absolute Gasteiger partial charge is 0.473 e. The third-order valence-electron chi connectivity index (χ3n) is 6.85. The molecule has 1 aromatic heterocycles. The fourth-order valence-electron chi connectivity index (χ4n) is 3.77. The van der Waals surface area contributed by atoms with Crippen molar-refractivity contribution >= 4 is 24.3 Å². The average molecular weight is 558 g/mol. The minimum atomic E-state index is -4.12. The van der Waals surface area contributed by atoms with Crippen molar-refractivity contribution in [2.45, 2.75) is 128 Å². The molecule has 1 aliphatic rings. The van der Waals surface area contributed by atoms with Crippen LogP contribution in [0.3, 0.4) is 0 Å². The maximum Gasteiger partial charge on any atom is 0.324 e. The molecule has 9 nitrogen and oxygen atoms in total. The van der Waals surface area contributed by atoms with Crippen molar-refractivity contribution in [1.29, 1.82) is 0 Å². The second kappa shape index (κ2) is 12.1. The van der Waals surface area contributed by atoms with Crippen LogP contribution < -0.4 is 4.74 Å². The lowest BCUT2D eigenvalue weighted by atomic mass is 10.2. The fourth-order valence-corrected chi connectivity index (χ4v) is 6.48. The number of unbranched alkanes of at least 4 members (excludes halogenated alkanes) is 1.